The lowest BCUT2D eigenvalue weighted by molar-refractivity contribution is 0.0968. The summed E-state index contributed by atoms with van der Waals surface area (Å²) in [7, 11) is 0. The molecule has 3 nitrogen and oxygen atoms in total. The Hall–Kier alpha value is -0.290. The maximum absolute atomic E-state index is 5.93. The van der Waals surface area contributed by atoms with Crippen molar-refractivity contribution in [3.63, 3.8) is 0 Å². The maximum atomic E-state index is 5.93. The number of benzene rings is 1. The molecule has 0 saturated carbocycles. The third-order valence-corrected chi connectivity index (χ3v) is 5.18. The SMILES string of the molecule is CCC1CCN(CCOc2ccc(Cl)cc2Br)C(CN)C1. The van der Waals surface area contributed by atoms with Gasteiger partial charge in [0.05, 0.1) is 4.47 Å². The molecule has 0 spiro atoms. The smallest absolute Gasteiger partial charge is 0.133 e. The molecule has 118 valence electrons. The van der Waals surface area contributed by atoms with Crippen molar-refractivity contribution >= 4 is 27.5 Å². The van der Waals surface area contributed by atoms with Crippen molar-refractivity contribution < 1.29 is 4.74 Å². The summed E-state index contributed by atoms with van der Waals surface area (Å²) in [5.74, 6) is 1.67. The van der Waals surface area contributed by atoms with Crippen LogP contribution < -0.4 is 10.5 Å². The summed E-state index contributed by atoms with van der Waals surface area (Å²) >= 11 is 9.40. The molecule has 0 amide bonds. The first kappa shape index (κ1) is 17.1. The van der Waals surface area contributed by atoms with E-state index in [9.17, 15) is 0 Å². The number of piperidine rings is 1. The average molecular weight is 376 g/mol. The molecule has 0 bridgehead atoms. The Morgan fingerprint density at radius 1 is 1.48 bits per heavy atom. The number of rotatable bonds is 6. The Balaban J connectivity index is 1.82. The fourth-order valence-corrected chi connectivity index (χ4v) is 3.76. The second kappa shape index (κ2) is 8.37. The van der Waals surface area contributed by atoms with E-state index in [4.69, 9.17) is 22.1 Å². The number of nitrogens with two attached hydrogens (primary N) is 1. The molecular weight excluding hydrogens is 352 g/mol. The Labute approximate surface area is 140 Å². The van der Waals surface area contributed by atoms with Gasteiger partial charge in [0.15, 0.2) is 0 Å². The van der Waals surface area contributed by atoms with Crippen LogP contribution in [0.15, 0.2) is 22.7 Å². The van der Waals surface area contributed by atoms with Crippen LogP contribution in [0.2, 0.25) is 5.02 Å². The first-order chi connectivity index (χ1) is 10.1. The van der Waals surface area contributed by atoms with Gasteiger partial charge in [-0.3, -0.25) is 4.90 Å². The lowest BCUT2D eigenvalue weighted by Crippen LogP contribution is -2.48. The fraction of sp³-hybridized carbons (Fsp3) is 0.625. The first-order valence-corrected chi connectivity index (χ1v) is 8.83. The van der Waals surface area contributed by atoms with Crippen molar-refractivity contribution in [3.8, 4) is 5.75 Å². The molecule has 2 atom stereocenters. The predicted octanol–water partition coefficient (Wildman–Crippen LogP) is 3.93. The third kappa shape index (κ3) is 4.85. The topological polar surface area (TPSA) is 38.5 Å². The van der Waals surface area contributed by atoms with Gasteiger partial charge in [-0.2, -0.15) is 0 Å². The quantitative estimate of drug-likeness (QED) is 0.818. The van der Waals surface area contributed by atoms with Crippen LogP contribution in [0.3, 0.4) is 0 Å². The summed E-state index contributed by atoms with van der Waals surface area (Å²) in [5.41, 5.74) is 5.93. The highest BCUT2D eigenvalue weighted by molar-refractivity contribution is 9.10. The van der Waals surface area contributed by atoms with Crippen LogP contribution in [0.5, 0.6) is 5.75 Å². The molecule has 1 aromatic carbocycles. The molecule has 2 unspecified atom stereocenters. The van der Waals surface area contributed by atoms with Crippen LogP contribution in [0.25, 0.3) is 0 Å². The van der Waals surface area contributed by atoms with Crippen LogP contribution >= 0.6 is 27.5 Å². The van der Waals surface area contributed by atoms with E-state index in [0.29, 0.717) is 17.7 Å². The normalized spacial score (nSPS) is 23.2. The summed E-state index contributed by atoms with van der Waals surface area (Å²) in [6.07, 6.45) is 3.76. The minimum absolute atomic E-state index is 0.501. The van der Waals surface area contributed by atoms with Crippen molar-refractivity contribution in [2.24, 2.45) is 11.7 Å². The van der Waals surface area contributed by atoms with E-state index in [1.165, 1.54) is 19.3 Å². The van der Waals surface area contributed by atoms with E-state index >= 15 is 0 Å². The monoisotopic (exact) mass is 374 g/mol. The molecule has 1 aromatic rings. The Kier molecular flexibility index (Phi) is 6.80. The molecule has 1 aliphatic heterocycles. The fourth-order valence-electron chi connectivity index (χ4n) is 2.96. The number of nitrogens with zero attached hydrogens (tertiary/aromatic N) is 1. The van der Waals surface area contributed by atoms with Gasteiger partial charge in [0, 0.05) is 24.2 Å². The molecular formula is C16H24BrClN2O. The van der Waals surface area contributed by atoms with E-state index in [-0.39, 0.29) is 0 Å². The highest BCUT2D eigenvalue weighted by atomic mass is 79.9. The van der Waals surface area contributed by atoms with Gasteiger partial charge < -0.3 is 10.5 Å². The van der Waals surface area contributed by atoms with Crippen LogP contribution in [0.1, 0.15) is 26.2 Å². The van der Waals surface area contributed by atoms with E-state index < -0.39 is 0 Å². The Morgan fingerprint density at radius 2 is 2.29 bits per heavy atom. The van der Waals surface area contributed by atoms with Crippen molar-refractivity contribution in [2.75, 3.05) is 26.2 Å². The standard InChI is InChI=1S/C16H24BrClN2O/c1-2-12-5-6-20(14(9-12)11-19)7-8-21-16-4-3-13(18)10-15(16)17/h3-4,10,12,14H,2,5-9,11,19H2,1H3. The molecule has 1 heterocycles. The second-order valence-corrected chi connectivity index (χ2v) is 6.94. The molecule has 2 rings (SSSR count). The molecule has 1 fully saturated rings. The molecule has 5 heteroatoms. The van der Waals surface area contributed by atoms with Gasteiger partial charge in [0.1, 0.15) is 12.4 Å². The molecule has 1 aliphatic rings. The van der Waals surface area contributed by atoms with E-state index in [2.05, 4.69) is 27.8 Å². The summed E-state index contributed by atoms with van der Waals surface area (Å²) in [4.78, 5) is 2.47. The van der Waals surface area contributed by atoms with Crippen LogP contribution in [-0.2, 0) is 0 Å². The van der Waals surface area contributed by atoms with Crippen LogP contribution in [0.4, 0.5) is 0 Å². The van der Waals surface area contributed by atoms with Gasteiger partial charge in [0.2, 0.25) is 0 Å². The summed E-state index contributed by atoms with van der Waals surface area (Å²) in [5, 5.41) is 0.707. The van der Waals surface area contributed by atoms with Crippen molar-refractivity contribution in [3.05, 3.63) is 27.7 Å². The molecule has 0 radical (unpaired) electrons. The van der Waals surface area contributed by atoms with Crippen molar-refractivity contribution in [1.82, 2.24) is 4.90 Å². The highest BCUT2D eigenvalue weighted by Gasteiger charge is 2.26. The van der Waals surface area contributed by atoms with Crippen molar-refractivity contribution in [1.29, 1.82) is 0 Å². The largest absolute Gasteiger partial charge is 0.491 e. The van der Waals surface area contributed by atoms with Gasteiger partial charge in [-0.05, 0) is 59.4 Å². The lowest BCUT2D eigenvalue weighted by atomic mass is 9.89. The zero-order chi connectivity index (χ0) is 15.2. The number of halogens is 2. The molecule has 0 aliphatic carbocycles. The second-order valence-electron chi connectivity index (χ2n) is 5.65. The third-order valence-electron chi connectivity index (χ3n) is 4.33. The first-order valence-electron chi connectivity index (χ1n) is 7.66. The van der Waals surface area contributed by atoms with Gasteiger partial charge in [0.25, 0.3) is 0 Å². The minimum Gasteiger partial charge on any atom is -0.491 e. The number of hydrogen-bond acceptors (Lipinski definition) is 3. The molecule has 21 heavy (non-hydrogen) atoms. The average Bonchev–Trinajstić information content (AvgIpc) is 2.49. The minimum atomic E-state index is 0.501. The van der Waals surface area contributed by atoms with Crippen LogP contribution in [0, 0.1) is 5.92 Å². The lowest BCUT2D eigenvalue weighted by Gasteiger charge is -2.38. The number of likely N-dealkylation sites (tertiary alicyclic amines) is 1. The summed E-state index contributed by atoms with van der Waals surface area (Å²) in [6.45, 7) is 5.74. The Morgan fingerprint density at radius 3 is 2.95 bits per heavy atom. The van der Waals surface area contributed by atoms with Gasteiger partial charge >= 0.3 is 0 Å². The molecule has 2 N–H and O–H groups in total. The zero-order valence-corrected chi connectivity index (χ0v) is 14.9. The summed E-state index contributed by atoms with van der Waals surface area (Å²) in [6, 6.07) is 6.10. The van der Waals surface area contributed by atoms with Gasteiger partial charge in [-0.15, -0.1) is 0 Å². The number of ether oxygens (including phenoxy) is 1. The molecule has 1 saturated heterocycles. The van der Waals surface area contributed by atoms with Gasteiger partial charge in [-0.25, -0.2) is 0 Å². The summed E-state index contributed by atoms with van der Waals surface area (Å²) < 4.78 is 6.75. The number of hydrogen-bond donors (Lipinski definition) is 1. The zero-order valence-electron chi connectivity index (χ0n) is 12.5. The van der Waals surface area contributed by atoms with E-state index in [1.54, 1.807) is 0 Å². The maximum Gasteiger partial charge on any atom is 0.133 e. The van der Waals surface area contributed by atoms with Gasteiger partial charge in [-0.1, -0.05) is 24.9 Å². The van der Waals surface area contributed by atoms with E-state index in [1.807, 2.05) is 18.2 Å². The molecule has 0 aromatic heterocycles. The van der Waals surface area contributed by atoms with Crippen LogP contribution in [-0.4, -0.2) is 37.2 Å². The predicted molar refractivity (Wildman–Crippen MR) is 92.1 cm³/mol. The van der Waals surface area contributed by atoms with E-state index in [0.717, 1.165) is 35.8 Å². The van der Waals surface area contributed by atoms with Crippen molar-refractivity contribution in [2.45, 2.75) is 32.2 Å². The Bertz CT molecular complexity index is 458. The highest BCUT2D eigenvalue weighted by Crippen LogP contribution is 2.28.